The fourth-order valence-electron chi connectivity index (χ4n) is 1.90. The van der Waals surface area contributed by atoms with Crippen LogP contribution in [0.4, 0.5) is 0 Å². The molecule has 2 aromatic rings. The first-order chi connectivity index (χ1) is 8.22. The Morgan fingerprint density at radius 2 is 2.18 bits per heavy atom. The summed E-state index contributed by atoms with van der Waals surface area (Å²) in [7, 11) is 3.70. The Labute approximate surface area is 102 Å². The predicted octanol–water partition coefficient (Wildman–Crippen LogP) is 1.70. The normalized spacial score (nSPS) is 13.1. The van der Waals surface area contributed by atoms with Gasteiger partial charge >= 0.3 is 0 Å². The van der Waals surface area contributed by atoms with Gasteiger partial charge in [-0.15, -0.1) is 0 Å². The van der Waals surface area contributed by atoms with Gasteiger partial charge in [-0.2, -0.15) is 5.10 Å². The molecule has 1 aromatic heterocycles. The standard InChI is InChI=1S/C13H19N3O/c1-10(17-3)8-14-9-12-11-6-4-5-7-13(11)16(2)15-12/h4-7,10,14H,8-9H2,1-3H3. The minimum atomic E-state index is 0.227. The van der Waals surface area contributed by atoms with Gasteiger partial charge in [0.15, 0.2) is 0 Å². The highest BCUT2D eigenvalue weighted by Crippen LogP contribution is 2.16. The Kier molecular flexibility index (Phi) is 3.76. The van der Waals surface area contributed by atoms with E-state index in [1.54, 1.807) is 7.11 Å². The summed E-state index contributed by atoms with van der Waals surface area (Å²) in [5, 5.41) is 9.10. The zero-order valence-electron chi connectivity index (χ0n) is 10.6. The summed E-state index contributed by atoms with van der Waals surface area (Å²) in [4.78, 5) is 0. The number of nitrogens with zero attached hydrogens (tertiary/aromatic N) is 2. The quantitative estimate of drug-likeness (QED) is 0.854. The van der Waals surface area contributed by atoms with Crippen LogP contribution in [0.1, 0.15) is 12.6 Å². The van der Waals surface area contributed by atoms with Crippen LogP contribution in [0.2, 0.25) is 0 Å². The number of hydrogen-bond acceptors (Lipinski definition) is 3. The second-order valence-electron chi connectivity index (χ2n) is 4.26. The van der Waals surface area contributed by atoms with Crippen molar-refractivity contribution < 1.29 is 4.74 Å². The maximum atomic E-state index is 5.19. The number of ether oxygens (including phenoxy) is 1. The number of methoxy groups -OCH3 is 1. The maximum absolute atomic E-state index is 5.19. The van der Waals surface area contributed by atoms with E-state index in [9.17, 15) is 0 Å². The third kappa shape index (κ3) is 2.65. The van der Waals surface area contributed by atoms with Crippen molar-refractivity contribution in [1.29, 1.82) is 0 Å². The molecule has 1 heterocycles. The van der Waals surface area contributed by atoms with Gasteiger partial charge in [0.1, 0.15) is 0 Å². The predicted molar refractivity (Wildman–Crippen MR) is 68.9 cm³/mol. The van der Waals surface area contributed by atoms with Crippen molar-refractivity contribution in [3.05, 3.63) is 30.0 Å². The third-order valence-corrected chi connectivity index (χ3v) is 2.96. The smallest absolute Gasteiger partial charge is 0.0841 e. The first kappa shape index (κ1) is 12.1. The van der Waals surface area contributed by atoms with Gasteiger partial charge in [-0.05, 0) is 13.0 Å². The van der Waals surface area contributed by atoms with Crippen molar-refractivity contribution >= 4 is 10.9 Å². The number of benzene rings is 1. The van der Waals surface area contributed by atoms with E-state index in [-0.39, 0.29) is 6.10 Å². The number of aromatic nitrogens is 2. The average Bonchev–Trinajstić information content (AvgIpc) is 2.67. The molecular weight excluding hydrogens is 214 g/mol. The Hall–Kier alpha value is -1.39. The molecule has 1 N–H and O–H groups in total. The molecule has 0 radical (unpaired) electrons. The summed E-state index contributed by atoms with van der Waals surface area (Å²) < 4.78 is 7.12. The lowest BCUT2D eigenvalue weighted by molar-refractivity contribution is 0.117. The van der Waals surface area contributed by atoms with Gasteiger partial charge in [-0.1, -0.05) is 18.2 Å². The van der Waals surface area contributed by atoms with E-state index in [1.807, 2.05) is 30.8 Å². The molecular formula is C13H19N3O. The molecule has 2 rings (SSSR count). The molecule has 1 unspecified atom stereocenters. The van der Waals surface area contributed by atoms with Gasteiger partial charge in [0, 0.05) is 32.6 Å². The summed E-state index contributed by atoms with van der Waals surface area (Å²) in [6.45, 7) is 3.65. The van der Waals surface area contributed by atoms with Gasteiger partial charge in [0.25, 0.3) is 0 Å². The molecule has 0 aliphatic heterocycles. The molecule has 0 fully saturated rings. The van der Waals surface area contributed by atoms with Crippen molar-refractivity contribution in [2.45, 2.75) is 19.6 Å². The number of rotatable bonds is 5. The van der Waals surface area contributed by atoms with Crippen LogP contribution in [0.15, 0.2) is 24.3 Å². The minimum Gasteiger partial charge on any atom is -0.380 e. The van der Waals surface area contributed by atoms with E-state index < -0.39 is 0 Å². The maximum Gasteiger partial charge on any atom is 0.0841 e. The van der Waals surface area contributed by atoms with Crippen molar-refractivity contribution in [1.82, 2.24) is 15.1 Å². The van der Waals surface area contributed by atoms with Crippen LogP contribution in [0.3, 0.4) is 0 Å². The molecule has 0 amide bonds. The second kappa shape index (κ2) is 5.29. The highest BCUT2D eigenvalue weighted by molar-refractivity contribution is 5.81. The Balaban J connectivity index is 2.09. The zero-order valence-corrected chi connectivity index (χ0v) is 10.6. The van der Waals surface area contributed by atoms with Gasteiger partial charge in [-0.25, -0.2) is 0 Å². The fourth-order valence-corrected chi connectivity index (χ4v) is 1.90. The fraction of sp³-hybridized carbons (Fsp3) is 0.462. The monoisotopic (exact) mass is 233 g/mol. The Morgan fingerprint density at radius 3 is 2.94 bits per heavy atom. The molecule has 17 heavy (non-hydrogen) atoms. The van der Waals surface area contributed by atoms with Crippen molar-refractivity contribution in [2.24, 2.45) is 7.05 Å². The molecule has 0 bridgehead atoms. The lowest BCUT2D eigenvalue weighted by atomic mass is 10.2. The van der Waals surface area contributed by atoms with Gasteiger partial charge in [-0.3, -0.25) is 4.68 Å². The first-order valence-electron chi connectivity index (χ1n) is 5.86. The highest BCUT2D eigenvalue weighted by atomic mass is 16.5. The van der Waals surface area contributed by atoms with Crippen molar-refractivity contribution in [2.75, 3.05) is 13.7 Å². The number of para-hydroxylation sites is 1. The Bertz CT molecular complexity index is 492. The van der Waals surface area contributed by atoms with Crippen LogP contribution in [-0.4, -0.2) is 29.5 Å². The molecule has 0 saturated heterocycles. The number of aryl methyl sites for hydroxylation is 1. The topological polar surface area (TPSA) is 39.1 Å². The first-order valence-corrected chi connectivity index (χ1v) is 5.86. The second-order valence-corrected chi connectivity index (χ2v) is 4.26. The average molecular weight is 233 g/mol. The van der Waals surface area contributed by atoms with Crippen LogP contribution >= 0.6 is 0 Å². The van der Waals surface area contributed by atoms with Crippen LogP contribution in [0, 0.1) is 0 Å². The molecule has 0 saturated carbocycles. The molecule has 4 heteroatoms. The van der Waals surface area contributed by atoms with E-state index in [0.717, 1.165) is 18.8 Å². The number of nitrogens with one attached hydrogen (secondary N) is 1. The van der Waals surface area contributed by atoms with E-state index in [2.05, 4.69) is 22.5 Å². The molecule has 1 atom stereocenters. The molecule has 0 aliphatic rings. The summed E-state index contributed by atoms with van der Waals surface area (Å²) in [6.07, 6.45) is 0.227. The third-order valence-electron chi connectivity index (χ3n) is 2.96. The molecule has 92 valence electrons. The molecule has 1 aromatic carbocycles. The number of hydrogen-bond donors (Lipinski definition) is 1. The van der Waals surface area contributed by atoms with Crippen LogP contribution in [-0.2, 0) is 18.3 Å². The van der Waals surface area contributed by atoms with E-state index in [0.29, 0.717) is 0 Å². The zero-order chi connectivity index (χ0) is 12.3. The van der Waals surface area contributed by atoms with E-state index in [1.165, 1.54) is 10.9 Å². The van der Waals surface area contributed by atoms with Crippen LogP contribution < -0.4 is 5.32 Å². The van der Waals surface area contributed by atoms with Crippen molar-refractivity contribution in [3.8, 4) is 0 Å². The number of fused-ring (bicyclic) bond motifs is 1. The lowest BCUT2D eigenvalue weighted by Gasteiger charge is -2.09. The largest absolute Gasteiger partial charge is 0.380 e. The molecule has 0 spiro atoms. The van der Waals surface area contributed by atoms with Gasteiger partial charge in [0.2, 0.25) is 0 Å². The van der Waals surface area contributed by atoms with Crippen LogP contribution in [0.5, 0.6) is 0 Å². The SMILES string of the molecule is COC(C)CNCc1nn(C)c2ccccc12. The van der Waals surface area contributed by atoms with Crippen LogP contribution in [0.25, 0.3) is 10.9 Å². The van der Waals surface area contributed by atoms with E-state index in [4.69, 9.17) is 4.74 Å². The summed E-state index contributed by atoms with van der Waals surface area (Å²) in [5.74, 6) is 0. The molecule has 0 aliphatic carbocycles. The Morgan fingerprint density at radius 1 is 1.41 bits per heavy atom. The van der Waals surface area contributed by atoms with Gasteiger partial charge < -0.3 is 10.1 Å². The summed E-state index contributed by atoms with van der Waals surface area (Å²) in [6, 6.07) is 8.28. The van der Waals surface area contributed by atoms with Gasteiger partial charge in [0.05, 0.1) is 17.3 Å². The lowest BCUT2D eigenvalue weighted by Crippen LogP contribution is -2.25. The van der Waals surface area contributed by atoms with E-state index >= 15 is 0 Å². The molecule has 4 nitrogen and oxygen atoms in total. The summed E-state index contributed by atoms with van der Waals surface area (Å²) in [5.41, 5.74) is 2.26. The minimum absolute atomic E-state index is 0.227. The summed E-state index contributed by atoms with van der Waals surface area (Å²) >= 11 is 0. The highest BCUT2D eigenvalue weighted by Gasteiger charge is 2.07. The van der Waals surface area contributed by atoms with Crippen molar-refractivity contribution in [3.63, 3.8) is 0 Å².